The maximum atomic E-state index is 13.1. The largest absolute Gasteiger partial charge is 0.472 e. The van der Waals surface area contributed by atoms with Gasteiger partial charge in [0.25, 0.3) is 0 Å². The number of phosphoric ester groups is 2. The van der Waals surface area contributed by atoms with E-state index in [4.69, 9.17) is 37.0 Å². The molecule has 0 aromatic heterocycles. The average molecular weight is 1520 g/mol. The van der Waals surface area contributed by atoms with E-state index in [9.17, 15) is 43.2 Å². The van der Waals surface area contributed by atoms with E-state index in [2.05, 4.69) is 198 Å². The van der Waals surface area contributed by atoms with Crippen LogP contribution in [0.5, 0.6) is 0 Å². The van der Waals surface area contributed by atoms with Gasteiger partial charge in [-0.3, -0.25) is 37.3 Å². The molecule has 0 fully saturated rings. The van der Waals surface area contributed by atoms with Gasteiger partial charge in [-0.25, -0.2) is 9.13 Å². The minimum Gasteiger partial charge on any atom is -0.462 e. The molecule has 0 radical (unpaired) electrons. The molecule has 0 bridgehead atoms. The number of hydrogen-bond acceptors (Lipinski definition) is 15. The third-order valence-corrected chi connectivity index (χ3v) is 18.1. The van der Waals surface area contributed by atoms with Crippen molar-refractivity contribution < 1.29 is 80.2 Å². The summed E-state index contributed by atoms with van der Waals surface area (Å²) in [5.74, 6) is -2.31. The molecule has 0 aromatic carbocycles. The van der Waals surface area contributed by atoms with Crippen LogP contribution in [0.2, 0.25) is 0 Å². The summed E-state index contributed by atoms with van der Waals surface area (Å²) >= 11 is 0. The SMILES string of the molecule is CC/C=C\C/C=C\C/C=C\C/C=C\C/C=C\CCCCCC(=O)OCC(COP(=O)(O)OCC(O)COP(=O)(O)OCC(COC(=O)CCCC/C=C\C/C=C\C/C=C\C/C=C\CC)OC(=O)CCCCCCC/C=C\CCCCCCCC)OC(=O)CCCCCC/C=C\C/C=C\C/C=C\C/C=C\CC. The van der Waals surface area contributed by atoms with Gasteiger partial charge in [-0.1, -0.05) is 268 Å². The fourth-order valence-corrected chi connectivity index (χ4v) is 11.7. The van der Waals surface area contributed by atoms with Crippen molar-refractivity contribution in [3.8, 4) is 0 Å². The minimum absolute atomic E-state index is 0.0518. The predicted molar refractivity (Wildman–Crippen MR) is 436 cm³/mol. The number of unbranched alkanes of at least 4 members (excludes halogenated alkanes) is 20. The van der Waals surface area contributed by atoms with Gasteiger partial charge >= 0.3 is 39.5 Å². The van der Waals surface area contributed by atoms with E-state index in [1.165, 1.54) is 38.5 Å². The molecule has 0 heterocycles. The maximum Gasteiger partial charge on any atom is 0.472 e. The van der Waals surface area contributed by atoms with E-state index in [0.717, 1.165) is 180 Å². The van der Waals surface area contributed by atoms with Crippen molar-refractivity contribution in [2.24, 2.45) is 0 Å². The highest BCUT2D eigenvalue weighted by Gasteiger charge is 2.30. The van der Waals surface area contributed by atoms with E-state index >= 15 is 0 Å². The number of aliphatic hydroxyl groups is 1. The van der Waals surface area contributed by atoms with Crippen molar-refractivity contribution >= 4 is 39.5 Å². The summed E-state index contributed by atoms with van der Waals surface area (Å²) in [7, 11) is -10.0. The number of ether oxygens (including phenoxy) is 4. The monoisotopic (exact) mass is 1520 g/mol. The van der Waals surface area contributed by atoms with Gasteiger partial charge < -0.3 is 33.8 Å². The van der Waals surface area contributed by atoms with E-state index in [-0.39, 0.29) is 25.7 Å². The molecule has 19 heteroatoms. The van der Waals surface area contributed by atoms with Crippen molar-refractivity contribution in [2.75, 3.05) is 39.6 Å². The summed E-state index contributed by atoms with van der Waals surface area (Å²) in [6.07, 6.45) is 91.9. The molecule has 0 saturated carbocycles. The van der Waals surface area contributed by atoms with Crippen LogP contribution in [-0.2, 0) is 65.4 Å². The second-order valence-electron chi connectivity index (χ2n) is 26.2. The van der Waals surface area contributed by atoms with Gasteiger partial charge in [-0.2, -0.15) is 0 Å². The van der Waals surface area contributed by atoms with Gasteiger partial charge in [0.2, 0.25) is 0 Å². The van der Waals surface area contributed by atoms with Crippen LogP contribution >= 0.6 is 15.6 Å². The second-order valence-corrected chi connectivity index (χ2v) is 29.1. The number of phosphoric acid groups is 2. The fourth-order valence-electron chi connectivity index (χ4n) is 10.1. The molecule has 0 amide bonds. The first-order chi connectivity index (χ1) is 51.7. The first kappa shape index (κ1) is 100. The van der Waals surface area contributed by atoms with Gasteiger partial charge in [0.1, 0.15) is 19.3 Å². The Morgan fingerprint density at radius 2 is 0.491 bits per heavy atom. The van der Waals surface area contributed by atoms with Gasteiger partial charge in [0.15, 0.2) is 12.2 Å². The Balaban J connectivity index is 5.48. The van der Waals surface area contributed by atoms with Crippen molar-refractivity contribution in [1.82, 2.24) is 0 Å². The average Bonchev–Trinajstić information content (AvgIpc) is 0.902. The number of aliphatic hydroxyl groups excluding tert-OH is 1. The van der Waals surface area contributed by atoms with Crippen LogP contribution < -0.4 is 0 Å². The van der Waals surface area contributed by atoms with Gasteiger partial charge in [-0.15, -0.1) is 0 Å². The zero-order chi connectivity index (χ0) is 77.4. The molecule has 0 spiro atoms. The van der Waals surface area contributed by atoms with Crippen LogP contribution in [0, 0.1) is 0 Å². The summed E-state index contributed by atoms with van der Waals surface area (Å²) in [6.45, 7) is 4.40. The molecule has 106 heavy (non-hydrogen) atoms. The van der Waals surface area contributed by atoms with Crippen LogP contribution in [0.3, 0.4) is 0 Å². The molecular weight excluding hydrogens is 1380 g/mol. The first-order valence-corrected chi connectivity index (χ1v) is 43.4. The highest BCUT2D eigenvalue weighted by Crippen LogP contribution is 2.45. The molecule has 602 valence electrons. The lowest BCUT2D eigenvalue weighted by Gasteiger charge is -2.21. The molecule has 0 rings (SSSR count). The quantitative estimate of drug-likeness (QED) is 0.0169. The molecule has 0 saturated heterocycles. The third-order valence-electron chi connectivity index (χ3n) is 16.2. The van der Waals surface area contributed by atoms with Crippen LogP contribution in [0.1, 0.15) is 297 Å². The topological polar surface area (TPSA) is 237 Å². The Morgan fingerprint density at radius 1 is 0.274 bits per heavy atom. The number of hydrogen-bond donors (Lipinski definition) is 3. The van der Waals surface area contributed by atoms with E-state index < -0.39 is 97.5 Å². The standard InChI is InChI=1S/C87H142O17P2/c1-5-9-13-17-21-25-29-33-37-39-40-42-45-48-52-56-60-64-68-72-85(90)98-78-83(104-87(92)74-70-66-62-58-54-50-46-41-38-34-30-26-22-18-14-10-6-2)80-102-106(95,96)100-76-81(88)75-99-105(93,94)101-79-82(103-86(91)73-69-65-61-57-53-49-44-36-32-28-24-20-16-12-8-4)77-97-84(89)71-67-63-59-55-51-47-43-35-31-27-23-19-15-11-7-3/h9-11,13-15,21-23,25-27,33-38,40,42-44,46,48,50-52,55,81-83,88H,5-8,12,16-20,24,28-32,39,41,45,47,49,53-54,56-80H2,1-4H3,(H,93,94)(H,95,96)/b13-9-,14-10-,15-11-,25-21-,26-22-,27-23-,37-33-,38-34-,42-40-,43-35-,44-36-,50-46-,52-48-,55-51-. The lowest BCUT2D eigenvalue weighted by Crippen LogP contribution is -2.30. The number of rotatable bonds is 74. The maximum absolute atomic E-state index is 13.1. The predicted octanol–water partition coefficient (Wildman–Crippen LogP) is 23.8. The van der Waals surface area contributed by atoms with Crippen LogP contribution in [0.4, 0.5) is 0 Å². The van der Waals surface area contributed by atoms with Crippen LogP contribution in [0.25, 0.3) is 0 Å². The Labute approximate surface area is 642 Å². The van der Waals surface area contributed by atoms with Crippen molar-refractivity contribution in [1.29, 1.82) is 0 Å². The Bertz CT molecular complexity index is 2680. The summed E-state index contributed by atoms with van der Waals surface area (Å²) in [5.41, 5.74) is 0. The lowest BCUT2D eigenvalue weighted by atomic mass is 10.1. The molecule has 5 atom stereocenters. The second kappa shape index (κ2) is 77.6. The van der Waals surface area contributed by atoms with Gasteiger partial charge in [-0.05, 0) is 173 Å². The molecule has 0 aliphatic heterocycles. The van der Waals surface area contributed by atoms with Crippen molar-refractivity contribution in [3.05, 3.63) is 170 Å². The summed E-state index contributed by atoms with van der Waals surface area (Å²) in [5, 5.41) is 10.7. The summed E-state index contributed by atoms with van der Waals surface area (Å²) < 4.78 is 68.6. The zero-order valence-corrected chi connectivity index (χ0v) is 67.6. The molecular formula is C87H142O17P2. The molecule has 0 aromatic rings. The van der Waals surface area contributed by atoms with E-state index in [1.54, 1.807) is 0 Å². The number of carbonyl (C=O) groups is 4. The van der Waals surface area contributed by atoms with Gasteiger partial charge in [0, 0.05) is 25.7 Å². The fraction of sp³-hybridized carbons (Fsp3) is 0.632. The Hall–Kier alpha value is -5.58. The molecule has 3 N–H and O–H groups in total. The highest BCUT2D eigenvalue weighted by molar-refractivity contribution is 7.47. The summed E-state index contributed by atoms with van der Waals surface area (Å²) in [4.78, 5) is 73.1. The number of carbonyl (C=O) groups excluding carboxylic acids is 4. The number of esters is 4. The van der Waals surface area contributed by atoms with Crippen LogP contribution in [-0.4, -0.2) is 96.7 Å². The molecule has 0 aliphatic carbocycles. The third kappa shape index (κ3) is 76.6. The Morgan fingerprint density at radius 3 is 0.792 bits per heavy atom. The van der Waals surface area contributed by atoms with Gasteiger partial charge in [0.05, 0.1) is 26.4 Å². The van der Waals surface area contributed by atoms with Crippen molar-refractivity contribution in [3.63, 3.8) is 0 Å². The molecule has 0 aliphatic rings. The molecule has 17 nitrogen and oxygen atoms in total. The highest BCUT2D eigenvalue weighted by atomic mass is 31.2. The normalized spacial score (nSPS) is 14.7. The minimum atomic E-state index is -5.00. The number of allylic oxidation sites excluding steroid dienone is 28. The smallest absolute Gasteiger partial charge is 0.462 e. The first-order valence-electron chi connectivity index (χ1n) is 40.4. The zero-order valence-electron chi connectivity index (χ0n) is 65.8. The van der Waals surface area contributed by atoms with Crippen molar-refractivity contribution in [2.45, 2.75) is 316 Å². The Kier molecular flexibility index (Phi) is 73.5. The van der Waals surface area contributed by atoms with E-state index in [0.29, 0.717) is 25.7 Å². The summed E-state index contributed by atoms with van der Waals surface area (Å²) in [6, 6.07) is 0. The molecule has 5 unspecified atom stereocenters. The lowest BCUT2D eigenvalue weighted by molar-refractivity contribution is -0.161. The van der Waals surface area contributed by atoms with E-state index in [1.807, 2.05) is 0 Å². The van der Waals surface area contributed by atoms with Crippen LogP contribution in [0.15, 0.2) is 170 Å².